The number of carbonyl (C=O) groups is 2. The van der Waals surface area contributed by atoms with Crippen molar-refractivity contribution < 1.29 is 9.59 Å². The van der Waals surface area contributed by atoms with Gasteiger partial charge in [0.2, 0.25) is 0 Å². The maximum atomic E-state index is 11.3. The van der Waals surface area contributed by atoms with Crippen LogP contribution in [-0.4, -0.2) is 52.0 Å². The lowest BCUT2D eigenvalue weighted by Gasteiger charge is -1.95. The molecule has 2 fully saturated rings. The van der Waals surface area contributed by atoms with Crippen molar-refractivity contribution in [2.24, 2.45) is 25.9 Å². The molecule has 10 nitrogen and oxygen atoms in total. The minimum absolute atomic E-state index is 0.253. The molecule has 0 spiro atoms. The van der Waals surface area contributed by atoms with E-state index in [1.807, 2.05) is 0 Å². The molecule has 10 heteroatoms. The summed E-state index contributed by atoms with van der Waals surface area (Å²) >= 11 is 0. The second-order valence-corrected chi connectivity index (χ2v) is 6.25. The van der Waals surface area contributed by atoms with Crippen LogP contribution in [0.25, 0.3) is 0 Å². The van der Waals surface area contributed by atoms with E-state index in [1.54, 1.807) is 18.8 Å². The van der Waals surface area contributed by atoms with Gasteiger partial charge in [0, 0.05) is 18.9 Å². The topological polar surface area (TPSA) is 121 Å². The van der Waals surface area contributed by atoms with E-state index in [0.717, 1.165) is 25.7 Å². The van der Waals surface area contributed by atoms with Crippen molar-refractivity contribution >= 4 is 11.6 Å². The lowest BCUT2D eigenvalue weighted by molar-refractivity contribution is -0.120. The fraction of sp³-hybridized carbons (Fsp3) is 0.714. The SMILES string of the molecule is Cn1nnc(CC(=O)C2CC2)n1.Cn1nnnc1CC(=O)C1CC1. The summed E-state index contributed by atoms with van der Waals surface area (Å²) in [5.41, 5.74) is 0. The fourth-order valence-corrected chi connectivity index (χ4v) is 2.20. The summed E-state index contributed by atoms with van der Waals surface area (Å²) in [4.78, 5) is 24.0. The van der Waals surface area contributed by atoms with Crippen LogP contribution in [0.15, 0.2) is 0 Å². The van der Waals surface area contributed by atoms with E-state index in [1.165, 1.54) is 4.80 Å². The summed E-state index contributed by atoms with van der Waals surface area (Å²) in [5.74, 6) is 2.30. The monoisotopic (exact) mass is 332 g/mol. The molecule has 2 heterocycles. The maximum absolute atomic E-state index is 11.3. The standard InChI is InChI=1S/2C7H10N4O/c1-11-7(8-9-10-11)4-6(12)5-2-3-5;1-11-9-7(8-10-11)4-6(12)5-2-3-5/h2*5H,2-4H2,1H3. The number of nitrogens with zero attached hydrogens (tertiary/aromatic N) is 8. The Hall–Kier alpha value is -2.52. The normalized spacial score (nSPS) is 16.4. The van der Waals surface area contributed by atoms with Gasteiger partial charge >= 0.3 is 0 Å². The molecular formula is C14H20N8O2. The van der Waals surface area contributed by atoms with Gasteiger partial charge in [0.15, 0.2) is 11.6 Å². The highest BCUT2D eigenvalue weighted by molar-refractivity contribution is 5.84. The molecule has 0 aromatic carbocycles. The van der Waals surface area contributed by atoms with Gasteiger partial charge in [-0.2, -0.15) is 4.80 Å². The van der Waals surface area contributed by atoms with Crippen LogP contribution in [0.3, 0.4) is 0 Å². The number of ketones is 2. The molecule has 0 N–H and O–H groups in total. The Labute approximate surface area is 138 Å². The summed E-state index contributed by atoms with van der Waals surface area (Å²) in [6, 6.07) is 0. The highest BCUT2D eigenvalue weighted by atomic mass is 16.1. The van der Waals surface area contributed by atoms with Crippen molar-refractivity contribution in [2.45, 2.75) is 38.5 Å². The van der Waals surface area contributed by atoms with Gasteiger partial charge in [0.25, 0.3) is 0 Å². The largest absolute Gasteiger partial charge is 0.299 e. The van der Waals surface area contributed by atoms with Crippen LogP contribution >= 0.6 is 0 Å². The predicted octanol–water partition coefficient (Wildman–Crippen LogP) is -0.537. The Kier molecular flexibility index (Phi) is 4.72. The fourth-order valence-electron chi connectivity index (χ4n) is 2.20. The zero-order valence-electron chi connectivity index (χ0n) is 13.8. The van der Waals surface area contributed by atoms with Crippen molar-refractivity contribution in [1.82, 2.24) is 40.4 Å². The van der Waals surface area contributed by atoms with Crippen molar-refractivity contribution in [3.8, 4) is 0 Å². The van der Waals surface area contributed by atoms with Gasteiger partial charge in [-0.1, -0.05) is 0 Å². The summed E-state index contributed by atoms with van der Waals surface area (Å²) in [5, 5.41) is 22.2. The van der Waals surface area contributed by atoms with E-state index in [-0.39, 0.29) is 17.5 Å². The lowest BCUT2D eigenvalue weighted by atomic mass is 10.2. The van der Waals surface area contributed by atoms with Crippen LogP contribution in [0.2, 0.25) is 0 Å². The minimum Gasteiger partial charge on any atom is -0.299 e. The Morgan fingerprint density at radius 2 is 1.58 bits per heavy atom. The molecule has 4 rings (SSSR count). The summed E-state index contributed by atoms with van der Waals surface area (Å²) in [6.45, 7) is 0. The number of hydrogen-bond acceptors (Lipinski definition) is 8. The second-order valence-electron chi connectivity index (χ2n) is 6.25. The molecule has 0 saturated heterocycles. The number of tetrazole rings is 2. The average Bonchev–Trinajstić information content (AvgIpc) is 3.45. The molecule has 2 aliphatic carbocycles. The van der Waals surface area contributed by atoms with Gasteiger partial charge in [0.05, 0.1) is 19.9 Å². The van der Waals surface area contributed by atoms with Crippen LogP contribution in [-0.2, 0) is 36.5 Å². The minimum atomic E-state index is 0.253. The number of aromatic nitrogens is 8. The van der Waals surface area contributed by atoms with E-state index in [2.05, 4.69) is 30.9 Å². The molecule has 2 aliphatic rings. The van der Waals surface area contributed by atoms with E-state index in [4.69, 9.17) is 0 Å². The summed E-state index contributed by atoms with van der Waals surface area (Å²) in [7, 11) is 3.44. The first-order chi connectivity index (χ1) is 11.5. The van der Waals surface area contributed by atoms with Gasteiger partial charge in [-0.25, -0.2) is 4.68 Å². The smallest absolute Gasteiger partial charge is 0.182 e. The molecule has 24 heavy (non-hydrogen) atoms. The molecule has 0 aliphatic heterocycles. The van der Waals surface area contributed by atoms with Crippen molar-refractivity contribution in [2.75, 3.05) is 0 Å². The van der Waals surface area contributed by atoms with Gasteiger partial charge in [-0.05, 0) is 41.3 Å². The van der Waals surface area contributed by atoms with Gasteiger partial charge in [-0.3, -0.25) is 9.59 Å². The van der Waals surface area contributed by atoms with Crippen molar-refractivity contribution in [3.63, 3.8) is 0 Å². The number of Topliss-reactive ketones (excluding diaryl/α,β-unsaturated/α-hetero) is 2. The molecule has 0 amide bonds. The molecule has 0 bridgehead atoms. The Morgan fingerprint density at radius 3 is 2.04 bits per heavy atom. The number of hydrogen-bond donors (Lipinski definition) is 0. The third-order valence-corrected chi connectivity index (χ3v) is 3.99. The maximum Gasteiger partial charge on any atom is 0.182 e. The number of rotatable bonds is 6. The van der Waals surface area contributed by atoms with Crippen LogP contribution in [0.1, 0.15) is 37.3 Å². The molecule has 128 valence electrons. The zero-order valence-corrected chi connectivity index (χ0v) is 13.8. The molecular weight excluding hydrogens is 312 g/mol. The average molecular weight is 332 g/mol. The van der Waals surface area contributed by atoms with Gasteiger partial charge in [-0.15, -0.1) is 15.3 Å². The first-order valence-corrected chi connectivity index (χ1v) is 8.02. The highest BCUT2D eigenvalue weighted by Crippen LogP contribution is 2.31. The Morgan fingerprint density at radius 1 is 0.958 bits per heavy atom. The van der Waals surface area contributed by atoms with Gasteiger partial charge < -0.3 is 0 Å². The Bertz CT molecular complexity index is 729. The van der Waals surface area contributed by atoms with Crippen LogP contribution in [0.5, 0.6) is 0 Å². The number of carbonyl (C=O) groups excluding carboxylic acids is 2. The van der Waals surface area contributed by atoms with E-state index < -0.39 is 0 Å². The molecule has 2 saturated carbocycles. The molecule has 0 unspecified atom stereocenters. The van der Waals surface area contributed by atoms with E-state index >= 15 is 0 Å². The summed E-state index contributed by atoms with van der Waals surface area (Å²) in [6.07, 6.45) is 4.90. The van der Waals surface area contributed by atoms with Crippen LogP contribution < -0.4 is 0 Å². The zero-order chi connectivity index (χ0) is 17.1. The molecule has 2 aromatic heterocycles. The lowest BCUT2D eigenvalue weighted by Crippen LogP contribution is -2.09. The van der Waals surface area contributed by atoms with Gasteiger partial charge in [0.1, 0.15) is 11.6 Å². The predicted molar refractivity (Wildman–Crippen MR) is 80.5 cm³/mol. The van der Waals surface area contributed by atoms with E-state index in [0.29, 0.717) is 30.4 Å². The third-order valence-electron chi connectivity index (χ3n) is 3.99. The van der Waals surface area contributed by atoms with Crippen molar-refractivity contribution in [3.05, 3.63) is 11.6 Å². The first-order valence-electron chi connectivity index (χ1n) is 8.02. The molecule has 0 radical (unpaired) electrons. The second kappa shape index (κ2) is 6.93. The Balaban J connectivity index is 0.000000141. The van der Waals surface area contributed by atoms with Crippen molar-refractivity contribution in [1.29, 1.82) is 0 Å². The summed E-state index contributed by atoms with van der Waals surface area (Å²) < 4.78 is 1.54. The van der Waals surface area contributed by atoms with E-state index in [9.17, 15) is 9.59 Å². The third kappa shape index (κ3) is 4.49. The number of aryl methyl sites for hydroxylation is 2. The van der Waals surface area contributed by atoms with Crippen LogP contribution in [0, 0.1) is 11.8 Å². The molecule has 0 atom stereocenters. The quantitative estimate of drug-likeness (QED) is 0.691. The first kappa shape index (κ1) is 16.3. The molecule has 2 aromatic rings. The van der Waals surface area contributed by atoms with Crippen LogP contribution in [0.4, 0.5) is 0 Å². The highest BCUT2D eigenvalue weighted by Gasteiger charge is 2.30.